The highest BCUT2D eigenvalue weighted by molar-refractivity contribution is 5.94. The second-order valence-electron chi connectivity index (χ2n) is 7.37. The number of carbonyl (C=O) groups is 3. The van der Waals surface area contributed by atoms with Crippen LogP contribution in [0.25, 0.3) is 0 Å². The van der Waals surface area contributed by atoms with E-state index in [1.807, 2.05) is 0 Å². The zero-order chi connectivity index (χ0) is 21.7. The molecule has 2 aliphatic rings. The number of rotatable bonds is 7. The first-order valence-corrected chi connectivity index (χ1v) is 9.82. The average molecular weight is 422 g/mol. The maximum absolute atomic E-state index is 12.7. The van der Waals surface area contributed by atoms with Crippen LogP contribution in [0.3, 0.4) is 0 Å². The van der Waals surface area contributed by atoms with Crippen LogP contribution in [0, 0.1) is 0 Å². The van der Waals surface area contributed by atoms with E-state index < -0.39 is 23.2 Å². The first-order chi connectivity index (χ1) is 14.4. The van der Waals surface area contributed by atoms with Gasteiger partial charge in [-0.15, -0.1) is 0 Å². The van der Waals surface area contributed by atoms with E-state index >= 15 is 0 Å². The van der Waals surface area contributed by atoms with Crippen molar-refractivity contribution in [2.75, 3.05) is 53.0 Å². The molecule has 164 valence electrons. The van der Waals surface area contributed by atoms with Crippen molar-refractivity contribution in [1.29, 1.82) is 0 Å². The van der Waals surface area contributed by atoms with Gasteiger partial charge in [-0.05, 0) is 12.8 Å². The van der Waals surface area contributed by atoms with Gasteiger partial charge < -0.3 is 19.2 Å². The van der Waals surface area contributed by atoms with Gasteiger partial charge in [-0.3, -0.25) is 29.5 Å². The first kappa shape index (κ1) is 21.9. The van der Waals surface area contributed by atoms with E-state index in [0.717, 1.165) is 25.0 Å². The summed E-state index contributed by atoms with van der Waals surface area (Å²) in [4.78, 5) is 51.4. The van der Waals surface area contributed by atoms with Gasteiger partial charge in [0.1, 0.15) is 0 Å². The SMILES string of the molecule is COCC1CCCN1NC(=O)c1cc(=O)cc(C(=O)N2CCN(CC(=O)O)CC2)o1. The Morgan fingerprint density at radius 1 is 1.17 bits per heavy atom. The van der Waals surface area contributed by atoms with Gasteiger partial charge in [-0.25, -0.2) is 5.01 Å². The third-order valence-electron chi connectivity index (χ3n) is 5.20. The lowest BCUT2D eigenvalue weighted by molar-refractivity contribution is -0.138. The lowest BCUT2D eigenvalue weighted by Gasteiger charge is -2.33. The van der Waals surface area contributed by atoms with Gasteiger partial charge in [0.05, 0.1) is 19.2 Å². The summed E-state index contributed by atoms with van der Waals surface area (Å²) in [5, 5.41) is 10.6. The normalized spacial score (nSPS) is 20.3. The molecule has 0 saturated carbocycles. The lowest BCUT2D eigenvalue weighted by atomic mass is 10.2. The number of amides is 2. The molecular formula is C19H26N4O7. The standard InChI is InChI=1S/C19H26N4O7/c1-29-12-13-3-2-4-23(13)20-18(27)15-9-14(24)10-16(30-15)19(28)22-7-5-21(6-8-22)11-17(25)26/h9-10,13H,2-8,11-12H2,1H3,(H,20,27)(H,25,26). The molecule has 2 amide bonds. The quantitative estimate of drug-likeness (QED) is 0.582. The van der Waals surface area contributed by atoms with Gasteiger partial charge in [-0.1, -0.05) is 0 Å². The van der Waals surface area contributed by atoms with Crippen LogP contribution in [0.4, 0.5) is 0 Å². The van der Waals surface area contributed by atoms with Crippen molar-refractivity contribution in [2.24, 2.45) is 0 Å². The Morgan fingerprint density at radius 2 is 1.87 bits per heavy atom. The molecule has 11 nitrogen and oxygen atoms in total. The van der Waals surface area contributed by atoms with Crippen LogP contribution in [0.1, 0.15) is 34.0 Å². The van der Waals surface area contributed by atoms with Crippen molar-refractivity contribution in [3.05, 3.63) is 33.9 Å². The summed E-state index contributed by atoms with van der Waals surface area (Å²) in [5.74, 6) is -2.48. The average Bonchev–Trinajstić information content (AvgIpc) is 3.14. The van der Waals surface area contributed by atoms with Crippen molar-refractivity contribution < 1.29 is 28.6 Å². The van der Waals surface area contributed by atoms with Gasteiger partial charge in [0.2, 0.25) is 0 Å². The summed E-state index contributed by atoms with van der Waals surface area (Å²) in [6.07, 6.45) is 1.79. The fourth-order valence-corrected chi connectivity index (χ4v) is 3.69. The fourth-order valence-electron chi connectivity index (χ4n) is 3.69. The van der Waals surface area contributed by atoms with Crippen molar-refractivity contribution in [1.82, 2.24) is 20.2 Å². The minimum Gasteiger partial charge on any atom is -0.480 e. The predicted octanol–water partition coefficient (Wildman–Crippen LogP) is -0.762. The van der Waals surface area contributed by atoms with Crippen LogP contribution in [0.5, 0.6) is 0 Å². The van der Waals surface area contributed by atoms with Crippen LogP contribution < -0.4 is 10.9 Å². The molecule has 3 rings (SSSR count). The summed E-state index contributed by atoms with van der Waals surface area (Å²) in [6, 6.07) is 2.16. The van der Waals surface area contributed by atoms with Gasteiger partial charge in [0.25, 0.3) is 5.91 Å². The number of nitrogens with one attached hydrogen (secondary N) is 1. The van der Waals surface area contributed by atoms with Crippen LogP contribution in [0.15, 0.2) is 21.3 Å². The van der Waals surface area contributed by atoms with E-state index in [2.05, 4.69) is 5.43 Å². The van der Waals surface area contributed by atoms with E-state index in [0.29, 0.717) is 39.3 Å². The Labute approximate surface area is 173 Å². The molecule has 0 aromatic carbocycles. The van der Waals surface area contributed by atoms with Gasteiger partial charge in [0, 0.05) is 52.0 Å². The number of aliphatic carboxylic acids is 1. The molecule has 0 radical (unpaired) electrons. The highest BCUT2D eigenvalue weighted by Crippen LogP contribution is 2.16. The van der Waals surface area contributed by atoms with Crippen molar-refractivity contribution in [3.8, 4) is 0 Å². The first-order valence-electron chi connectivity index (χ1n) is 9.82. The number of carboxylic acids is 1. The van der Waals surface area contributed by atoms with Crippen molar-refractivity contribution >= 4 is 17.8 Å². The molecule has 0 spiro atoms. The molecule has 2 N–H and O–H groups in total. The number of nitrogens with zero attached hydrogens (tertiary/aromatic N) is 3. The smallest absolute Gasteiger partial charge is 0.317 e. The number of carbonyl (C=O) groups excluding carboxylic acids is 2. The molecule has 2 saturated heterocycles. The summed E-state index contributed by atoms with van der Waals surface area (Å²) in [6.45, 7) is 2.45. The summed E-state index contributed by atoms with van der Waals surface area (Å²) < 4.78 is 10.6. The number of hydrogen-bond donors (Lipinski definition) is 2. The van der Waals surface area contributed by atoms with E-state index in [1.54, 1.807) is 17.0 Å². The summed E-state index contributed by atoms with van der Waals surface area (Å²) >= 11 is 0. The molecular weight excluding hydrogens is 396 g/mol. The molecule has 11 heteroatoms. The maximum atomic E-state index is 12.7. The Balaban J connectivity index is 1.66. The van der Waals surface area contributed by atoms with Crippen LogP contribution >= 0.6 is 0 Å². The minimum atomic E-state index is -0.926. The number of methoxy groups -OCH3 is 1. The zero-order valence-electron chi connectivity index (χ0n) is 16.8. The molecule has 2 aliphatic heterocycles. The Kier molecular flexibility index (Phi) is 7.19. The van der Waals surface area contributed by atoms with Crippen molar-refractivity contribution in [3.63, 3.8) is 0 Å². The van der Waals surface area contributed by atoms with Gasteiger partial charge in [0.15, 0.2) is 16.9 Å². The van der Waals surface area contributed by atoms with E-state index in [4.69, 9.17) is 14.3 Å². The summed E-state index contributed by atoms with van der Waals surface area (Å²) in [7, 11) is 1.59. The van der Waals surface area contributed by atoms with E-state index in [-0.39, 0.29) is 24.1 Å². The molecule has 0 bridgehead atoms. The molecule has 1 unspecified atom stereocenters. The fraction of sp³-hybridized carbons (Fsp3) is 0.579. The molecule has 1 aromatic heterocycles. The number of ether oxygens (including phenoxy) is 1. The third-order valence-corrected chi connectivity index (χ3v) is 5.20. The Bertz CT molecular complexity index is 848. The molecule has 0 aliphatic carbocycles. The molecule has 1 aromatic rings. The topological polar surface area (TPSA) is 133 Å². The van der Waals surface area contributed by atoms with E-state index in [1.165, 1.54) is 4.90 Å². The van der Waals surface area contributed by atoms with Crippen LogP contribution in [-0.4, -0.2) is 96.7 Å². The monoisotopic (exact) mass is 422 g/mol. The van der Waals surface area contributed by atoms with Gasteiger partial charge >= 0.3 is 11.9 Å². The molecule has 3 heterocycles. The van der Waals surface area contributed by atoms with Crippen LogP contribution in [0.2, 0.25) is 0 Å². The molecule has 30 heavy (non-hydrogen) atoms. The summed E-state index contributed by atoms with van der Waals surface area (Å²) in [5.41, 5.74) is 2.22. The van der Waals surface area contributed by atoms with Crippen LogP contribution in [-0.2, 0) is 9.53 Å². The lowest BCUT2D eigenvalue weighted by Crippen LogP contribution is -2.50. The molecule has 2 fully saturated rings. The predicted molar refractivity (Wildman–Crippen MR) is 104 cm³/mol. The molecule has 1 atom stereocenters. The number of hydrazine groups is 1. The highest BCUT2D eigenvalue weighted by Gasteiger charge is 2.28. The van der Waals surface area contributed by atoms with Gasteiger partial charge in [-0.2, -0.15) is 0 Å². The Morgan fingerprint density at radius 3 is 2.53 bits per heavy atom. The largest absolute Gasteiger partial charge is 0.480 e. The van der Waals surface area contributed by atoms with E-state index in [9.17, 15) is 19.2 Å². The third kappa shape index (κ3) is 5.43. The highest BCUT2D eigenvalue weighted by atomic mass is 16.5. The van der Waals surface area contributed by atoms with Crippen molar-refractivity contribution in [2.45, 2.75) is 18.9 Å². The zero-order valence-corrected chi connectivity index (χ0v) is 16.8. The maximum Gasteiger partial charge on any atom is 0.317 e. The number of hydrogen-bond acceptors (Lipinski definition) is 8. The minimum absolute atomic E-state index is 0.0394. The Hall–Kier alpha value is -2.76. The second kappa shape index (κ2) is 9.83. The second-order valence-corrected chi connectivity index (χ2v) is 7.37. The number of carboxylic acid groups (broad SMARTS) is 1. The number of piperazine rings is 1.